The quantitative estimate of drug-likeness (QED) is 0.905. The van der Waals surface area contributed by atoms with E-state index in [4.69, 9.17) is 4.74 Å². The molecule has 0 aliphatic heterocycles. The van der Waals surface area contributed by atoms with Gasteiger partial charge in [0.1, 0.15) is 11.9 Å². The van der Waals surface area contributed by atoms with E-state index in [9.17, 15) is 4.79 Å². The summed E-state index contributed by atoms with van der Waals surface area (Å²) < 4.78 is 6.07. The number of anilines is 1. The fourth-order valence-electron chi connectivity index (χ4n) is 1.25. The van der Waals surface area contributed by atoms with Gasteiger partial charge >= 0.3 is 0 Å². The minimum atomic E-state index is -0.418. The Kier molecular flexibility index (Phi) is 5.42. The molecule has 1 rings (SSSR count). The summed E-state index contributed by atoms with van der Waals surface area (Å²) in [5.74, 6) is 0.356. The highest BCUT2D eigenvalue weighted by atomic mass is 79.9. The van der Waals surface area contributed by atoms with Crippen LogP contribution in [0.15, 0.2) is 22.8 Å². The minimum absolute atomic E-state index is 0.163. The number of ether oxygens (including phenoxy) is 1. The maximum absolute atomic E-state index is 11.8. The van der Waals surface area contributed by atoms with Crippen molar-refractivity contribution in [2.75, 3.05) is 11.9 Å². The largest absolute Gasteiger partial charge is 0.369 e. The summed E-state index contributed by atoms with van der Waals surface area (Å²) in [6.45, 7) is 4.30. The van der Waals surface area contributed by atoms with Gasteiger partial charge < -0.3 is 10.1 Å². The Morgan fingerprint density at radius 3 is 2.94 bits per heavy atom. The SMILES string of the molecule is CCOC(CC)C(=O)Nc1ncccc1Br. The first kappa shape index (κ1) is 13.1. The van der Waals surface area contributed by atoms with E-state index in [1.165, 1.54) is 0 Å². The van der Waals surface area contributed by atoms with Crippen molar-refractivity contribution in [3.05, 3.63) is 22.8 Å². The predicted molar refractivity (Wildman–Crippen MR) is 66.3 cm³/mol. The van der Waals surface area contributed by atoms with Crippen molar-refractivity contribution in [1.29, 1.82) is 0 Å². The van der Waals surface area contributed by atoms with Crippen LogP contribution in [-0.4, -0.2) is 23.6 Å². The lowest BCUT2D eigenvalue weighted by Gasteiger charge is -2.14. The Hall–Kier alpha value is -0.940. The van der Waals surface area contributed by atoms with Crippen LogP contribution in [0, 0.1) is 0 Å². The molecule has 0 fully saturated rings. The first-order valence-corrected chi connectivity index (χ1v) is 6.01. The molecule has 1 amide bonds. The number of aromatic nitrogens is 1. The van der Waals surface area contributed by atoms with E-state index in [2.05, 4.69) is 26.2 Å². The standard InChI is InChI=1S/C11H15BrN2O2/c1-3-9(16-4-2)11(15)14-10-8(12)6-5-7-13-10/h5-7,9H,3-4H2,1-2H3,(H,13,14,15). The van der Waals surface area contributed by atoms with Gasteiger partial charge in [-0.25, -0.2) is 4.98 Å². The average Bonchev–Trinajstić information content (AvgIpc) is 2.29. The second-order valence-corrected chi connectivity index (χ2v) is 4.03. The highest BCUT2D eigenvalue weighted by molar-refractivity contribution is 9.10. The molecular formula is C11H15BrN2O2. The number of hydrogen-bond acceptors (Lipinski definition) is 3. The van der Waals surface area contributed by atoms with Crippen LogP contribution in [0.3, 0.4) is 0 Å². The fraction of sp³-hybridized carbons (Fsp3) is 0.455. The lowest BCUT2D eigenvalue weighted by molar-refractivity contribution is -0.127. The van der Waals surface area contributed by atoms with Gasteiger partial charge in [-0.05, 0) is 41.4 Å². The number of rotatable bonds is 5. The summed E-state index contributed by atoms with van der Waals surface area (Å²) in [4.78, 5) is 15.8. The zero-order valence-electron chi connectivity index (χ0n) is 9.37. The van der Waals surface area contributed by atoms with Crippen LogP contribution < -0.4 is 5.32 Å². The molecule has 0 bridgehead atoms. The van der Waals surface area contributed by atoms with Crippen molar-refractivity contribution in [3.8, 4) is 0 Å². The smallest absolute Gasteiger partial charge is 0.254 e. The molecule has 0 spiro atoms. The molecule has 1 aromatic heterocycles. The number of halogens is 1. The molecule has 1 aromatic rings. The molecule has 0 radical (unpaired) electrons. The monoisotopic (exact) mass is 286 g/mol. The average molecular weight is 287 g/mol. The van der Waals surface area contributed by atoms with Crippen LogP contribution in [0.1, 0.15) is 20.3 Å². The second-order valence-electron chi connectivity index (χ2n) is 3.18. The zero-order chi connectivity index (χ0) is 12.0. The third kappa shape index (κ3) is 3.57. The Bertz CT molecular complexity index is 358. The van der Waals surface area contributed by atoms with Crippen molar-refractivity contribution in [1.82, 2.24) is 4.98 Å². The first-order chi connectivity index (χ1) is 7.69. The molecule has 0 aliphatic carbocycles. The number of amides is 1. The van der Waals surface area contributed by atoms with Crippen LogP contribution >= 0.6 is 15.9 Å². The van der Waals surface area contributed by atoms with Gasteiger partial charge in [0, 0.05) is 12.8 Å². The van der Waals surface area contributed by atoms with Crippen LogP contribution in [0.4, 0.5) is 5.82 Å². The van der Waals surface area contributed by atoms with E-state index >= 15 is 0 Å². The molecule has 88 valence electrons. The number of carbonyl (C=O) groups excluding carboxylic acids is 1. The highest BCUT2D eigenvalue weighted by Crippen LogP contribution is 2.18. The van der Waals surface area contributed by atoms with Crippen LogP contribution in [0.5, 0.6) is 0 Å². The lowest BCUT2D eigenvalue weighted by atomic mass is 10.2. The van der Waals surface area contributed by atoms with E-state index in [0.717, 1.165) is 4.47 Å². The van der Waals surface area contributed by atoms with Crippen molar-refractivity contribution in [3.63, 3.8) is 0 Å². The van der Waals surface area contributed by atoms with Crippen molar-refractivity contribution < 1.29 is 9.53 Å². The fourth-order valence-corrected chi connectivity index (χ4v) is 1.61. The minimum Gasteiger partial charge on any atom is -0.369 e. The molecule has 0 saturated heterocycles. The first-order valence-electron chi connectivity index (χ1n) is 5.22. The molecule has 0 aromatic carbocycles. The molecule has 0 aliphatic rings. The van der Waals surface area contributed by atoms with E-state index in [-0.39, 0.29) is 5.91 Å². The summed E-state index contributed by atoms with van der Waals surface area (Å²) in [7, 11) is 0. The summed E-state index contributed by atoms with van der Waals surface area (Å²) in [6.07, 6.45) is 1.85. The number of carbonyl (C=O) groups is 1. The van der Waals surface area contributed by atoms with Gasteiger partial charge in [0.2, 0.25) is 0 Å². The molecule has 0 saturated carbocycles. The molecule has 4 nitrogen and oxygen atoms in total. The highest BCUT2D eigenvalue weighted by Gasteiger charge is 2.17. The van der Waals surface area contributed by atoms with Crippen molar-refractivity contribution in [2.24, 2.45) is 0 Å². The molecule has 1 unspecified atom stereocenters. The third-order valence-corrected chi connectivity index (χ3v) is 2.67. The van der Waals surface area contributed by atoms with Crippen molar-refractivity contribution in [2.45, 2.75) is 26.4 Å². The van der Waals surface area contributed by atoms with E-state index < -0.39 is 6.10 Å². The van der Waals surface area contributed by atoms with Crippen LogP contribution in [0.25, 0.3) is 0 Å². The summed E-state index contributed by atoms with van der Waals surface area (Å²) in [5.41, 5.74) is 0. The number of nitrogens with zero attached hydrogens (tertiary/aromatic N) is 1. The number of hydrogen-bond donors (Lipinski definition) is 1. The van der Waals surface area contributed by atoms with Gasteiger partial charge in [0.15, 0.2) is 0 Å². The number of pyridine rings is 1. The Morgan fingerprint density at radius 1 is 1.62 bits per heavy atom. The Balaban J connectivity index is 2.66. The third-order valence-electron chi connectivity index (χ3n) is 2.03. The van der Waals surface area contributed by atoms with Gasteiger partial charge in [0.05, 0.1) is 4.47 Å². The lowest BCUT2D eigenvalue weighted by Crippen LogP contribution is -2.30. The van der Waals surface area contributed by atoms with E-state index in [1.54, 1.807) is 12.3 Å². The molecular weight excluding hydrogens is 272 g/mol. The molecule has 1 N–H and O–H groups in total. The van der Waals surface area contributed by atoms with Gasteiger partial charge in [-0.15, -0.1) is 0 Å². The summed E-state index contributed by atoms with van der Waals surface area (Å²) >= 11 is 3.32. The summed E-state index contributed by atoms with van der Waals surface area (Å²) in [6, 6.07) is 3.61. The van der Waals surface area contributed by atoms with Gasteiger partial charge in [-0.2, -0.15) is 0 Å². The number of nitrogens with one attached hydrogen (secondary N) is 1. The molecule has 16 heavy (non-hydrogen) atoms. The molecule has 1 heterocycles. The summed E-state index contributed by atoms with van der Waals surface area (Å²) in [5, 5.41) is 2.72. The van der Waals surface area contributed by atoms with E-state index in [0.29, 0.717) is 18.8 Å². The molecule has 1 atom stereocenters. The van der Waals surface area contributed by atoms with Crippen LogP contribution in [-0.2, 0) is 9.53 Å². The normalized spacial score (nSPS) is 12.2. The Morgan fingerprint density at radius 2 is 2.38 bits per heavy atom. The van der Waals surface area contributed by atoms with Crippen LogP contribution in [0.2, 0.25) is 0 Å². The van der Waals surface area contributed by atoms with Gasteiger partial charge in [-0.1, -0.05) is 6.92 Å². The van der Waals surface area contributed by atoms with E-state index in [1.807, 2.05) is 19.9 Å². The zero-order valence-corrected chi connectivity index (χ0v) is 11.0. The predicted octanol–water partition coefficient (Wildman–Crippen LogP) is 2.60. The second kappa shape index (κ2) is 6.60. The topological polar surface area (TPSA) is 51.2 Å². The van der Waals surface area contributed by atoms with Gasteiger partial charge in [-0.3, -0.25) is 4.79 Å². The van der Waals surface area contributed by atoms with Crippen molar-refractivity contribution >= 4 is 27.7 Å². The maximum Gasteiger partial charge on any atom is 0.254 e. The Labute approximate surface area is 104 Å². The van der Waals surface area contributed by atoms with Gasteiger partial charge in [0.25, 0.3) is 5.91 Å². The molecule has 5 heteroatoms. The maximum atomic E-state index is 11.8.